The molecule has 2 rings (SSSR count). The molecule has 0 atom stereocenters. The smallest absolute Gasteiger partial charge is 0.141 e. The summed E-state index contributed by atoms with van der Waals surface area (Å²) in [5.41, 5.74) is 0.628. The summed E-state index contributed by atoms with van der Waals surface area (Å²) in [5.74, 6) is 0.888. The zero-order valence-corrected chi connectivity index (χ0v) is 7.77. The maximum Gasteiger partial charge on any atom is 0.141 e. The van der Waals surface area contributed by atoms with Gasteiger partial charge in [0, 0.05) is 6.20 Å². The molecule has 72 valence electrons. The number of nitrogens with zero attached hydrogens (tertiary/aromatic N) is 2. The zero-order chi connectivity index (χ0) is 10.1. The summed E-state index contributed by atoms with van der Waals surface area (Å²) in [5, 5.41) is 9.47. The average molecular weight is 190 g/mol. The first-order valence-corrected chi connectivity index (χ1v) is 4.32. The van der Waals surface area contributed by atoms with Crippen LogP contribution in [0.15, 0.2) is 24.5 Å². The summed E-state index contributed by atoms with van der Waals surface area (Å²) in [7, 11) is 0. The fourth-order valence-corrected chi connectivity index (χ4v) is 1.41. The van der Waals surface area contributed by atoms with Gasteiger partial charge in [0.15, 0.2) is 0 Å². The van der Waals surface area contributed by atoms with Crippen LogP contribution in [0.25, 0.3) is 5.52 Å². The Labute approximate surface area is 80.8 Å². The highest BCUT2D eigenvalue weighted by atomic mass is 16.3. The molecule has 0 saturated carbocycles. The average Bonchev–Trinajstić information content (AvgIpc) is 2.49. The van der Waals surface area contributed by atoms with Crippen LogP contribution in [-0.2, 0) is 11.2 Å². The van der Waals surface area contributed by atoms with Crippen LogP contribution in [0.2, 0.25) is 0 Å². The Morgan fingerprint density at radius 2 is 2.43 bits per heavy atom. The van der Waals surface area contributed by atoms with Gasteiger partial charge in [-0.05, 0) is 19.1 Å². The van der Waals surface area contributed by atoms with E-state index in [1.807, 2.05) is 0 Å². The van der Waals surface area contributed by atoms with Gasteiger partial charge >= 0.3 is 0 Å². The number of aromatic hydroxyl groups is 1. The number of rotatable bonds is 2. The van der Waals surface area contributed by atoms with Gasteiger partial charge in [-0.3, -0.25) is 4.79 Å². The van der Waals surface area contributed by atoms with E-state index in [-0.39, 0.29) is 18.0 Å². The van der Waals surface area contributed by atoms with Gasteiger partial charge in [-0.1, -0.05) is 0 Å². The van der Waals surface area contributed by atoms with Crippen LogP contribution in [-0.4, -0.2) is 20.3 Å². The maximum absolute atomic E-state index is 10.9. The second kappa shape index (κ2) is 3.14. The number of aromatic nitrogens is 2. The van der Waals surface area contributed by atoms with Gasteiger partial charge < -0.3 is 9.51 Å². The van der Waals surface area contributed by atoms with Gasteiger partial charge in [-0.25, -0.2) is 4.98 Å². The summed E-state index contributed by atoms with van der Waals surface area (Å²) < 4.78 is 1.72. The van der Waals surface area contributed by atoms with Crippen molar-refractivity contribution < 1.29 is 9.90 Å². The SMILES string of the molecule is CC(=O)Cc1ncc2c(O)cccn12. The Balaban J connectivity index is 2.58. The van der Waals surface area contributed by atoms with Gasteiger partial charge in [0.25, 0.3) is 0 Å². The molecule has 1 N–H and O–H groups in total. The number of carbonyl (C=O) groups is 1. The molecule has 2 aromatic rings. The minimum absolute atomic E-state index is 0.0563. The van der Waals surface area contributed by atoms with E-state index in [2.05, 4.69) is 4.98 Å². The molecule has 0 spiro atoms. The molecule has 0 radical (unpaired) electrons. The number of Topliss-reactive ketones (excluding diaryl/α,β-unsaturated/α-hetero) is 1. The second-order valence-corrected chi connectivity index (χ2v) is 3.20. The number of hydrogen-bond donors (Lipinski definition) is 1. The number of fused-ring (bicyclic) bond motifs is 1. The topological polar surface area (TPSA) is 54.6 Å². The highest BCUT2D eigenvalue weighted by Crippen LogP contribution is 2.18. The van der Waals surface area contributed by atoms with E-state index in [0.29, 0.717) is 11.3 Å². The predicted octanol–water partition coefficient (Wildman–Crippen LogP) is 1.17. The quantitative estimate of drug-likeness (QED) is 0.773. The Morgan fingerprint density at radius 3 is 3.14 bits per heavy atom. The van der Waals surface area contributed by atoms with Crippen LogP contribution >= 0.6 is 0 Å². The third-order valence-electron chi connectivity index (χ3n) is 2.03. The van der Waals surface area contributed by atoms with Gasteiger partial charge in [-0.2, -0.15) is 0 Å². The van der Waals surface area contributed by atoms with Gasteiger partial charge in [0.1, 0.15) is 22.9 Å². The number of imidazole rings is 1. The number of carbonyl (C=O) groups excluding carboxylic acids is 1. The van der Waals surface area contributed by atoms with E-state index in [0.717, 1.165) is 0 Å². The molecule has 2 heterocycles. The molecule has 0 aliphatic carbocycles. The third kappa shape index (κ3) is 1.35. The van der Waals surface area contributed by atoms with Crippen molar-refractivity contribution in [1.29, 1.82) is 0 Å². The van der Waals surface area contributed by atoms with Crippen molar-refractivity contribution in [2.75, 3.05) is 0 Å². The molecule has 0 aromatic carbocycles. The molecule has 0 bridgehead atoms. The highest BCUT2D eigenvalue weighted by molar-refractivity contribution is 5.77. The van der Waals surface area contributed by atoms with Crippen LogP contribution in [0.1, 0.15) is 12.7 Å². The van der Waals surface area contributed by atoms with E-state index in [1.54, 1.807) is 28.9 Å². The van der Waals surface area contributed by atoms with E-state index in [4.69, 9.17) is 0 Å². The first-order chi connectivity index (χ1) is 6.68. The summed E-state index contributed by atoms with van der Waals surface area (Å²) in [6.45, 7) is 1.52. The Bertz CT molecular complexity index is 488. The summed E-state index contributed by atoms with van der Waals surface area (Å²) >= 11 is 0. The molecule has 2 aromatic heterocycles. The van der Waals surface area contributed by atoms with E-state index >= 15 is 0 Å². The lowest BCUT2D eigenvalue weighted by molar-refractivity contribution is -0.116. The Kier molecular flexibility index (Phi) is 1.96. The monoisotopic (exact) mass is 190 g/mol. The van der Waals surface area contributed by atoms with Crippen LogP contribution in [0.3, 0.4) is 0 Å². The van der Waals surface area contributed by atoms with Crippen molar-refractivity contribution >= 4 is 11.3 Å². The first kappa shape index (κ1) is 8.74. The van der Waals surface area contributed by atoms with Crippen molar-refractivity contribution in [3.63, 3.8) is 0 Å². The fraction of sp³-hybridized carbons (Fsp3) is 0.200. The van der Waals surface area contributed by atoms with E-state index in [9.17, 15) is 9.90 Å². The standard InChI is InChI=1S/C10H10N2O2/c1-7(13)5-10-11-6-8-9(14)3-2-4-12(8)10/h2-4,6,14H,5H2,1H3. The minimum Gasteiger partial charge on any atom is -0.506 e. The van der Waals surface area contributed by atoms with E-state index in [1.165, 1.54) is 6.92 Å². The van der Waals surface area contributed by atoms with Crippen LogP contribution < -0.4 is 0 Å². The molecule has 0 saturated heterocycles. The second-order valence-electron chi connectivity index (χ2n) is 3.20. The molecular weight excluding hydrogens is 180 g/mol. The first-order valence-electron chi connectivity index (χ1n) is 4.32. The Morgan fingerprint density at radius 1 is 1.64 bits per heavy atom. The minimum atomic E-state index is 0.0563. The molecule has 14 heavy (non-hydrogen) atoms. The van der Waals surface area contributed by atoms with Crippen molar-refractivity contribution in [2.45, 2.75) is 13.3 Å². The van der Waals surface area contributed by atoms with E-state index < -0.39 is 0 Å². The molecule has 0 unspecified atom stereocenters. The number of pyridine rings is 1. The lowest BCUT2D eigenvalue weighted by Crippen LogP contribution is -2.01. The molecule has 0 amide bonds. The summed E-state index contributed by atoms with van der Waals surface area (Å²) in [4.78, 5) is 15.0. The van der Waals surface area contributed by atoms with Gasteiger partial charge in [0.2, 0.25) is 0 Å². The maximum atomic E-state index is 10.9. The van der Waals surface area contributed by atoms with Crippen molar-refractivity contribution in [3.05, 3.63) is 30.4 Å². The normalized spacial score (nSPS) is 10.6. The fourth-order valence-electron chi connectivity index (χ4n) is 1.41. The summed E-state index contributed by atoms with van der Waals surface area (Å²) in [6, 6.07) is 3.31. The molecule has 0 aliphatic heterocycles. The molecule has 0 fully saturated rings. The number of hydrogen-bond acceptors (Lipinski definition) is 3. The lowest BCUT2D eigenvalue weighted by Gasteiger charge is -1.99. The third-order valence-corrected chi connectivity index (χ3v) is 2.03. The van der Waals surface area contributed by atoms with Gasteiger partial charge in [0.05, 0.1) is 12.6 Å². The zero-order valence-electron chi connectivity index (χ0n) is 7.77. The molecule has 4 nitrogen and oxygen atoms in total. The molecule has 0 aliphatic rings. The molecule has 4 heteroatoms. The predicted molar refractivity (Wildman–Crippen MR) is 51.2 cm³/mol. The lowest BCUT2D eigenvalue weighted by atomic mass is 10.3. The Hall–Kier alpha value is -1.84. The van der Waals surface area contributed by atoms with Crippen molar-refractivity contribution in [3.8, 4) is 5.75 Å². The van der Waals surface area contributed by atoms with Gasteiger partial charge in [-0.15, -0.1) is 0 Å². The van der Waals surface area contributed by atoms with Crippen molar-refractivity contribution in [1.82, 2.24) is 9.38 Å². The summed E-state index contributed by atoms with van der Waals surface area (Å²) in [6.07, 6.45) is 3.63. The molecular formula is C10H10N2O2. The van der Waals surface area contributed by atoms with Crippen molar-refractivity contribution in [2.24, 2.45) is 0 Å². The largest absolute Gasteiger partial charge is 0.506 e. The van der Waals surface area contributed by atoms with Crippen LogP contribution in [0, 0.1) is 0 Å². The highest BCUT2D eigenvalue weighted by Gasteiger charge is 2.07. The van der Waals surface area contributed by atoms with Crippen LogP contribution in [0.5, 0.6) is 5.75 Å². The number of ketones is 1. The van der Waals surface area contributed by atoms with Crippen LogP contribution in [0.4, 0.5) is 0 Å².